The van der Waals surface area contributed by atoms with E-state index in [0.717, 1.165) is 26.2 Å². The van der Waals surface area contributed by atoms with Crippen LogP contribution in [0.2, 0.25) is 0 Å². The molecule has 1 aliphatic heterocycles. The fourth-order valence-electron chi connectivity index (χ4n) is 2.24. The predicted octanol–water partition coefficient (Wildman–Crippen LogP) is 0.899. The SMILES string of the molecule is CN1CCN(C(C)(C)CNC(=O)c2cscn2)CC1. The van der Waals surface area contributed by atoms with Crippen LogP contribution in [-0.2, 0) is 0 Å². The van der Waals surface area contributed by atoms with E-state index in [1.807, 2.05) is 0 Å². The number of thiazole rings is 1. The van der Waals surface area contributed by atoms with E-state index in [1.54, 1.807) is 10.9 Å². The van der Waals surface area contributed by atoms with E-state index in [1.165, 1.54) is 11.3 Å². The summed E-state index contributed by atoms with van der Waals surface area (Å²) in [6, 6.07) is 0. The number of nitrogens with one attached hydrogen (secondary N) is 1. The zero-order chi connectivity index (χ0) is 13.9. The van der Waals surface area contributed by atoms with Crippen molar-refractivity contribution in [2.45, 2.75) is 19.4 Å². The van der Waals surface area contributed by atoms with Gasteiger partial charge in [0.2, 0.25) is 0 Å². The maximum Gasteiger partial charge on any atom is 0.270 e. The third-order valence-electron chi connectivity index (χ3n) is 3.71. The highest BCUT2D eigenvalue weighted by molar-refractivity contribution is 7.07. The second-order valence-corrected chi connectivity index (χ2v) is 6.38. The summed E-state index contributed by atoms with van der Waals surface area (Å²) < 4.78 is 0. The van der Waals surface area contributed by atoms with Crippen molar-refractivity contribution in [3.8, 4) is 0 Å². The molecule has 0 aliphatic carbocycles. The summed E-state index contributed by atoms with van der Waals surface area (Å²) >= 11 is 1.44. The highest BCUT2D eigenvalue weighted by atomic mass is 32.1. The van der Waals surface area contributed by atoms with Gasteiger partial charge in [-0.05, 0) is 20.9 Å². The maximum atomic E-state index is 11.9. The van der Waals surface area contributed by atoms with E-state index in [0.29, 0.717) is 12.2 Å². The highest BCUT2D eigenvalue weighted by Gasteiger charge is 2.29. The summed E-state index contributed by atoms with van der Waals surface area (Å²) in [5.41, 5.74) is 2.17. The van der Waals surface area contributed by atoms with E-state index in [2.05, 4.69) is 41.0 Å². The van der Waals surface area contributed by atoms with Gasteiger partial charge in [0, 0.05) is 43.6 Å². The van der Waals surface area contributed by atoms with Crippen molar-refractivity contribution in [3.05, 3.63) is 16.6 Å². The number of hydrogen-bond acceptors (Lipinski definition) is 5. The third kappa shape index (κ3) is 3.75. The van der Waals surface area contributed by atoms with Gasteiger partial charge in [-0.25, -0.2) is 4.98 Å². The molecular formula is C13H22N4OS. The van der Waals surface area contributed by atoms with Gasteiger partial charge < -0.3 is 10.2 Å². The van der Waals surface area contributed by atoms with E-state index < -0.39 is 0 Å². The van der Waals surface area contributed by atoms with Crippen LogP contribution < -0.4 is 5.32 Å². The molecular weight excluding hydrogens is 260 g/mol. The normalized spacial score (nSPS) is 18.5. The molecule has 0 aromatic carbocycles. The van der Waals surface area contributed by atoms with Crippen LogP contribution in [0.5, 0.6) is 0 Å². The number of carbonyl (C=O) groups excluding carboxylic acids is 1. The summed E-state index contributed by atoms with van der Waals surface area (Å²) in [7, 11) is 2.15. The molecule has 0 bridgehead atoms. The van der Waals surface area contributed by atoms with Crippen LogP contribution in [0, 0.1) is 0 Å². The zero-order valence-electron chi connectivity index (χ0n) is 11.8. The van der Waals surface area contributed by atoms with Crippen molar-refractivity contribution in [2.75, 3.05) is 39.8 Å². The lowest BCUT2D eigenvalue weighted by Gasteiger charge is -2.43. The molecule has 1 aliphatic rings. The van der Waals surface area contributed by atoms with Crippen molar-refractivity contribution in [1.82, 2.24) is 20.1 Å². The molecule has 6 heteroatoms. The lowest BCUT2D eigenvalue weighted by Crippen LogP contribution is -2.57. The lowest BCUT2D eigenvalue weighted by molar-refractivity contribution is 0.0587. The van der Waals surface area contributed by atoms with Gasteiger partial charge in [-0.3, -0.25) is 9.69 Å². The molecule has 2 rings (SSSR count). The van der Waals surface area contributed by atoms with E-state index in [-0.39, 0.29) is 11.4 Å². The summed E-state index contributed by atoms with van der Waals surface area (Å²) in [6.45, 7) is 9.28. The molecule has 0 unspecified atom stereocenters. The minimum atomic E-state index is -0.0801. The first kappa shape index (κ1) is 14.4. The van der Waals surface area contributed by atoms with Crippen molar-refractivity contribution in [3.63, 3.8) is 0 Å². The molecule has 1 aromatic heterocycles. The number of aromatic nitrogens is 1. The average molecular weight is 282 g/mol. The predicted molar refractivity (Wildman–Crippen MR) is 77.6 cm³/mol. The average Bonchev–Trinajstić information content (AvgIpc) is 2.90. The quantitative estimate of drug-likeness (QED) is 0.891. The summed E-state index contributed by atoms with van der Waals surface area (Å²) in [5, 5.41) is 4.76. The number of carbonyl (C=O) groups is 1. The van der Waals surface area contributed by atoms with Gasteiger partial charge in [0.05, 0.1) is 5.51 Å². The van der Waals surface area contributed by atoms with Gasteiger partial charge in [0.1, 0.15) is 5.69 Å². The van der Waals surface area contributed by atoms with Gasteiger partial charge in [-0.1, -0.05) is 0 Å². The molecule has 0 spiro atoms. The fraction of sp³-hybridized carbons (Fsp3) is 0.692. The Morgan fingerprint density at radius 1 is 1.42 bits per heavy atom. The lowest BCUT2D eigenvalue weighted by atomic mass is 10.0. The molecule has 106 valence electrons. The van der Waals surface area contributed by atoms with E-state index in [4.69, 9.17) is 0 Å². The first-order valence-corrected chi connectivity index (χ1v) is 7.53. The molecule has 0 radical (unpaired) electrons. The van der Waals surface area contributed by atoms with Crippen LogP contribution in [-0.4, -0.2) is 66.0 Å². The van der Waals surface area contributed by atoms with Gasteiger partial charge in [-0.2, -0.15) is 0 Å². The number of hydrogen-bond donors (Lipinski definition) is 1. The molecule has 0 atom stereocenters. The van der Waals surface area contributed by atoms with Crippen molar-refractivity contribution < 1.29 is 4.79 Å². The Morgan fingerprint density at radius 3 is 2.68 bits per heavy atom. The van der Waals surface area contributed by atoms with Gasteiger partial charge in [-0.15, -0.1) is 11.3 Å². The molecule has 1 saturated heterocycles. The Bertz CT molecular complexity index is 410. The fourth-order valence-corrected chi connectivity index (χ4v) is 2.77. The van der Waals surface area contributed by atoms with Crippen LogP contribution in [0.3, 0.4) is 0 Å². The van der Waals surface area contributed by atoms with Crippen LogP contribution in [0.4, 0.5) is 0 Å². The van der Waals surface area contributed by atoms with Crippen LogP contribution in [0.25, 0.3) is 0 Å². The Morgan fingerprint density at radius 2 is 2.11 bits per heavy atom. The second kappa shape index (κ2) is 5.98. The Kier molecular flexibility index (Phi) is 4.54. The highest BCUT2D eigenvalue weighted by Crippen LogP contribution is 2.15. The number of amides is 1. The van der Waals surface area contributed by atoms with Gasteiger partial charge >= 0.3 is 0 Å². The molecule has 1 amide bonds. The summed E-state index contributed by atoms with van der Waals surface area (Å²) in [5.74, 6) is -0.0801. The standard InChI is InChI=1S/C13H22N4OS/c1-13(2,17-6-4-16(3)5-7-17)9-14-12(18)11-8-19-10-15-11/h8,10H,4-7,9H2,1-3H3,(H,14,18). The van der Waals surface area contributed by atoms with Crippen molar-refractivity contribution >= 4 is 17.2 Å². The molecule has 19 heavy (non-hydrogen) atoms. The molecule has 1 fully saturated rings. The van der Waals surface area contributed by atoms with E-state index in [9.17, 15) is 4.79 Å². The van der Waals surface area contributed by atoms with Gasteiger partial charge in [0.25, 0.3) is 5.91 Å². The Labute approximate surface area is 118 Å². The smallest absolute Gasteiger partial charge is 0.270 e. The number of nitrogens with zero attached hydrogens (tertiary/aromatic N) is 3. The molecule has 1 aromatic rings. The van der Waals surface area contributed by atoms with Crippen LogP contribution in [0.15, 0.2) is 10.9 Å². The molecule has 0 saturated carbocycles. The number of rotatable bonds is 4. The van der Waals surface area contributed by atoms with Crippen LogP contribution in [0.1, 0.15) is 24.3 Å². The Balaban J connectivity index is 1.85. The first-order chi connectivity index (χ1) is 8.99. The third-order valence-corrected chi connectivity index (χ3v) is 4.29. The molecule has 5 nitrogen and oxygen atoms in total. The first-order valence-electron chi connectivity index (χ1n) is 6.59. The van der Waals surface area contributed by atoms with Crippen LogP contribution >= 0.6 is 11.3 Å². The summed E-state index contributed by atoms with van der Waals surface area (Å²) in [6.07, 6.45) is 0. The minimum Gasteiger partial charge on any atom is -0.349 e. The van der Waals surface area contributed by atoms with E-state index >= 15 is 0 Å². The monoisotopic (exact) mass is 282 g/mol. The minimum absolute atomic E-state index is 0.0209. The Hall–Kier alpha value is -0.980. The second-order valence-electron chi connectivity index (χ2n) is 5.66. The molecule has 1 N–H and O–H groups in total. The molecule has 2 heterocycles. The van der Waals surface area contributed by atoms with Gasteiger partial charge in [0.15, 0.2) is 0 Å². The maximum absolute atomic E-state index is 11.9. The summed E-state index contributed by atoms with van der Waals surface area (Å²) in [4.78, 5) is 20.7. The largest absolute Gasteiger partial charge is 0.349 e. The topological polar surface area (TPSA) is 48.5 Å². The number of likely N-dealkylation sites (N-methyl/N-ethyl adjacent to an activating group) is 1. The zero-order valence-corrected chi connectivity index (χ0v) is 12.7. The van der Waals surface area contributed by atoms with Crippen molar-refractivity contribution in [2.24, 2.45) is 0 Å². The number of piperazine rings is 1. The van der Waals surface area contributed by atoms with Crippen molar-refractivity contribution in [1.29, 1.82) is 0 Å².